The van der Waals surface area contributed by atoms with E-state index in [0.29, 0.717) is 0 Å². The summed E-state index contributed by atoms with van der Waals surface area (Å²) in [6.45, 7) is 14.9. The molecule has 0 aromatic heterocycles. The maximum atomic E-state index is 13.1. The number of nitrogens with one attached hydrogen (secondary N) is 2. The van der Waals surface area contributed by atoms with E-state index < -0.39 is 52.9 Å². The van der Waals surface area contributed by atoms with Crippen molar-refractivity contribution in [3.8, 4) is 0 Å². The van der Waals surface area contributed by atoms with Gasteiger partial charge in [-0.3, -0.25) is 4.79 Å². The van der Waals surface area contributed by atoms with E-state index in [-0.39, 0.29) is 26.1 Å². The normalized spacial score (nSPS) is 13.1. The fourth-order valence-electron chi connectivity index (χ4n) is 3.05. The Labute approximate surface area is 202 Å². The molecule has 4 amide bonds. The highest BCUT2D eigenvalue weighted by Crippen LogP contribution is 2.18. The number of rotatable bonds is 9. The smallest absolute Gasteiger partial charge is 0.408 e. The van der Waals surface area contributed by atoms with Crippen LogP contribution in [0.2, 0.25) is 0 Å². The number of carbonyl (C=O) groups excluding carboxylic acids is 2. The van der Waals surface area contributed by atoms with Gasteiger partial charge >= 0.3 is 18.3 Å². The van der Waals surface area contributed by atoms with E-state index in [2.05, 4.69) is 10.6 Å². The van der Waals surface area contributed by atoms with Crippen LogP contribution in [0.15, 0.2) is 0 Å². The Morgan fingerprint density at radius 2 is 1.24 bits per heavy atom. The van der Waals surface area contributed by atoms with Gasteiger partial charge in [0, 0.05) is 24.2 Å². The summed E-state index contributed by atoms with van der Waals surface area (Å²) in [4.78, 5) is 51.3. The number of carbonyl (C=O) groups is 4. The van der Waals surface area contributed by atoms with E-state index in [0.717, 1.165) is 9.80 Å². The molecule has 12 nitrogen and oxygen atoms in total. The number of nitrogens with two attached hydrogens (primary N) is 1. The molecule has 0 heterocycles. The summed E-state index contributed by atoms with van der Waals surface area (Å²) in [5.41, 5.74) is 3.22. The molecule has 1 atom stereocenters. The first-order valence-electron chi connectivity index (χ1n) is 11.2. The third-order valence-electron chi connectivity index (χ3n) is 4.70. The van der Waals surface area contributed by atoms with Gasteiger partial charge in [0.25, 0.3) is 0 Å². The van der Waals surface area contributed by atoms with Gasteiger partial charge in [0.2, 0.25) is 5.91 Å². The van der Waals surface area contributed by atoms with Gasteiger partial charge in [-0.1, -0.05) is 0 Å². The van der Waals surface area contributed by atoms with E-state index in [1.807, 2.05) is 0 Å². The molecule has 6 N–H and O–H groups in total. The average molecular weight is 490 g/mol. The van der Waals surface area contributed by atoms with Crippen LogP contribution in [-0.2, 0) is 9.53 Å². The average Bonchev–Trinajstić information content (AvgIpc) is 2.58. The Kier molecular flexibility index (Phi) is 11.1. The minimum absolute atomic E-state index is 0.0883. The molecule has 0 bridgehead atoms. The van der Waals surface area contributed by atoms with Crippen molar-refractivity contribution >= 4 is 24.2 Å². The van der Waals surface area contributed by atoms with Gasteiger partial charge < -0.3 is 41.1 Å². The zero-order valence-electron chi connectivity index (χ0n) is 21.9. The lowest BCUT2D eigenvalue weighted by Gasteiger charge is -2.40. The van der Waals surface area contributed by atoms with Gasteiger partial charge in [-0.25, -0.2) is 14.4 Å². The summed E-state index contributed by atoms with van der Waals surface area (Å²) in [6.07, 6.45) is -3.13. The molecule has 12 heteroatoms. The van der Waals surface area contributed by atoms with Crippen LogP contribution >= 0.6 is 0 Å². The van der Waals surface area contributed by atoms with Crippen molar-refractivity contribution in [1.29, 1.82) is 0 Å². The number of ether oxygens (including phenoxy) is 1. The quantitative estimate of drug-likeness (QED) is 0.328. The lowest BCUT2D eigenvalue weighted by atomic mass is 10.0. The van der Waals surface area contributed by atoms with Crippen molar-refractivity contribution in [1.82, 2.24) is 20.4 Å². The van der Waals surface area contributed by atoms with Crippen molar-refractivity contribution in [3.63, 3.8) is 0 Å². The second kappa shape index (κ2) is 12.1. The fourth-order valence-corrected chi connectivity index (χ4v) is 3.05. The largest absolute Gasteiger partial charge is 0.465 e. The van der Waals surface area contributed by atoms with E-state index in [1.165, 1.54) is 0 Å². The van der Waals surface area contributed by atoms with E-state index in [9.17, 15) is 29.4 Å². The molecule has 0 aromatic rings. The molecule has 0 saturated carbocycles. The van der Waals surface area contributed by atoms with Crippen molar-refractivity contribution in [2.24, 2.45) is 5.73 Å². The van der Waals surface area contributed by atoms with Crippen LogP contribution < -0.4 is 16.4 Å². The van der Waals surface area contributed by atoms with E-state index in [1.54, 1.807) is 62.3 Å². The molecule has 0 aliphatic rings. The molecule has 0 aliphatic carbocycles. The number of alkyl carbamates (subject to hydrolysis) is 1. The van der Waals surface area contributed by atoms with Crippen molar-refractivity contribution in [2.75, 3.05) is 19.6 Å². The van der Waals surface area contributed by atoms with Crippen LogP contribution in [-0.4, -0.2) is 92.6 Å². The van der Waals surface area contributed by atoms with E-state index >= 15 is 0 Å². The molecule has 198 valence electrons. The summed E-state index contributed by atoms with van der Waals surface area (Å²) in [5.74, 6) is -0.625. The minimum Gasteiger partial charge on any atom is -0.465 e. The zero-order valence-corrected chi connectivity index (χ0v) is 21.9. The molecule has 0 aliphatic heterocycles. The summed E-state index contributed by atoms with van der Waals surface area (Å²) in [5, 5.41) is 24.6. The van der Waals surface area contributed by atoms with Gasteiger partial charge in [-0.05, 0) is 75.3 Å². The van der Waals surface area contributed by atoms with Gasteiger partial charge in [-0.15, -0.1) is 0 Å². The highest BCUT2D eigenvalue weighted by atomic mass is 16.6. The second-order valence-corrected chi connectivity index (χ2v) is 11.1. The van der Waals surface area contributed by atoms with Crippen LogP contribution in [0.3, 0.4) is 0 Å². The molecule has 0 rings (SSSR count). The predicted octanol–water partition coefficient (Wildman–Crippen LogP) is 2.27. The van der Waals surface area contributed by atoms with Crippen LogP contribution in [0.5, 0.6) is 0 Å². The SMILES string of the molecule is CC(C)(C)OC(=O)N[C@@H](CCN)C(=O)NC(CN(C(=O)O)C(C)(C)C)CN(C(=O)O)C(C)(C)C. The summed E-state index contributed by atoms with van der Waals surface area (Å²) in [6, 6.07) is -1.96. The van der Waals surface area contributed by atoms with Crippen LogP contribution in [0.25, 0.3) is 0 Å². The Bertz CT molecular complexity index is 689. The molecule has 0 aromatic carbocycles. The Morgan fingerprint density at radius 3 is 1.53 bits per heavy atom. The molecular formula is C22H43N5O7. The van der Waals surface area contributed by atoms with E-state index in [4.69, 9.17) is 10.5 Å². The highest BCUT2D eigenvalue weighted by Gasteiger charge is 2.35. The number of hydrogen-bond acceptors (Lipinski definition) is 6. The molecular weight excluding hydrogens is 446 g/mol. The molecule has 0 saturated heterocycles. The molecule has 0 unspecified atom stereocenters. The van der Waals surface area contributed by atoms with Crippen LogP contribution in [0, 0.1) is 0 Å². The number of amides is 4. The summed E-state index contributed by atoms with van der Waals surface area (Å²) in [7, 11) is 0. The summed E-state index contributed by atoms with van der Waals surface area (Å²) < 4.78 is 5.21. The number of carboxylic acid groups (broad SMARTS) is 2. The molecule has 0 fully saturated rings. The maximum Gasteiger partial charge on any atom is 0.408 e. The van der Waals surface area contributed by atoms with Crippen molar-refractivity contribution in [3.05, 3.63) is 0 Å². The first kappa shape index (κ1) is 31.2. The van der Waals surface area contributed by atoms with Gasteiger partial charge in [-0.2, -0.15) is 0 Å². The van der Waals surface area contributed by atoms with Gasteiger partial charge in [0.1, 0.15) is 11.6 Å². The topological polar surface area (TPSA) is 175 Å². The third kappa shape index (κ3) is 11.4. The third-order valence-corrected chi connectivity index (χ3v) is 4.70. The Morgan fingerprint density at radius 1 is 0.824 bits per heavy atom. The lowest BCUT2D eigenvalue weighted by molar-refractivity contribution is -0.124. The zero-order chi connectivity index (χ0) is 27.1. The van der Waals surface area contributed by atoms with Crippen LogP contribution in [0.1, 0.15) is 68.7 Å². The number of nitrogens with zero attached hydrogens (tertiary/aromatic N) is 2. The first-order valence-corrected chi connectivity index (χ1v) is 11.2. The van der Waals surface area contributed by atoms with Crippen molar-refractivity contribution in [2.45, 2.75) is 97.5 Å². The monoisotopic (exact) mass is 489 g/mol. The molecule has 0 spiro atoms. The highest BCUT2D eigenvalue weighted by molar-refractivity contribution is 5.86. The Hall–Kier alpha value is -2.76. The van der Waals surface area contributed by atoms with Gasteiger partial charge in [0.15, 0.2) is 0 Å². The number of hydrogen-bond donors (Lipinski definition) is 5. The van der Waals surface area contributed by atoms with Crippen molar-refractivity contribution < 1.29 is 34.1 Å². The predicted molar refractivity (Wildman–Crippen MR) is 128 cm³/mol. The second-order valence-electron chi connectivity index (χ2n) is 11.1. The first-order chi connectivity index (χ1) is 15.2. The van der Waals surface area contributed by atoms with Gasteiger partial charge in [0.05, 0.1) is 6.04 Å². The standard InChI is InChI=1S/C22H43N5O7/c1-20(2,3)26(18(30)31)12-14(13-27(19(32)33)21(4,5)6)24-16(28)15(10-11-23)25-17(29)34-22(7,8)9/h14-15H,10-13,23H2,1-9H3,(H,24,28)(H,25,29)(H,30,31)(H,32,33)/t15-/m0/s1. The molecule has 0 radical (unpaired) electrons. The maximum absolute atomic E-state index is 13.1. The fraction of sp³-hybridized carbons (Fsp3) is 0.818. The Balaban J connectivity index is 5.92. The lowest BCUT2D eigenvalue weighted by Crippen LogP contribution is -2.60. The summed E-state index contributed by atoms with van der Waals surface area (Å²) >= 11 is 0. The van der Waals surface area contributed by atoms with Crippen LogP contribution in [0.4, 0.5) is 14.4 Å². The molecule has 34 heavy (non-hydrogen) atoms. The minimum atomic E-state index is -1.21.